The molecule has 0 fully saturated rings. The maximum Gasteiger partial charge on any atom is 0.249 e. The molecule has 1 aliphatic rings. The van der Waals surface area contributed by atoms with Crippen molar-refractivity contribution in [3.05, 3.63) is 23.3 Å². The minimum absolute atomic E-state index is 0.219. The molecule has 0 saturated carbocycles. The van der Waals surface area contributed by atoms with Crippen molar-refractivity contribution in [2.24, 2.45) is 5.73 Å². The number of primary amides is 1. The number of fused-ring (bicyclic) bond motifs is 1. The van der Waals surface area contributed by atoms with E-state index in [-0.39, 0.29) is 6.79 Å². The van der Waals surface area contributed by atoms with Gasteiger partial charge in [0.15, 0.2) is 11.5 Å². The van der Waals surface area contributed by atoms with Gasteiger partial charge in [0, 0.05) is 11.1 Å². The molecule has 0 spiro atoms. The van der Waals surface area contributed by atoms with Crippen LogP contribution in [0, 0.1) is 0 Å². The van der Waals surface area contributed by atoms with Crippen molar-refractivity contribution in [1.82, 2.24) is 0 Å². The molecule has 0 aliphatic carbocycles. The smallest absolute Gasteiger partial charge is 0.249 e. The highest BCUT2D eigenvalue weighted by molar-refractivity contribution is 5.95. The second-order valence-corrected chi connectivity index (χ2v) is 3.79. The quantitative estimate of drug-likeness (QED) is 0.844. The van der Waals surface area contributed by atoms with Crippen LogP contribution in [0.4, 0.5) is 0 Å². The van der Waals surface area contributed by atoms with E-state index < -0.39 is 5.91 Å². The van der Waals surface area contributed by atoms with Gasteiger partial charge in [-0.25, -0.2) is 0 Å². The van der Waals surface area contributed by atoms with E-state index in [1.807, 2.05) is 0 Å². The van der Waals surface area contributed by atoms with Crippen molar-refractivity contribution in [1.29, 1.82) is 0 Å². The molecule has 2 rings (SSSR count). The van der Waals surface area contributed by atoms with E-state index in [9.17, 15) is 4.79 Å². The van der Waals surface area contributed by atoms with Gasteiger partial charge in [0.25, 0.3) is 0 Å². The predicted molar refractivity (Wildman–Crippen MR) is 59.7 cm³/mol. The lowest BCUT2D eigenvalue weighted by atomic mass is 10.00. The van der Waals surface area contributed by atoms with E-state index >= 15 is 0 Å². The summed E-state index contributed by atoms with van der Waals surface area (Å²) in [6.07, 6.45) is 2.85. The average Bonchev–Trinajstić information content (AvgIpc) is 2.73. The summed E-state index contributed by atoms with van der Waals surface area (Å²) in [5, 5.41) is 0. The van der Waals surface area contributed by atoms with Crippen LogP contribution in [0.25, 0.3) is 0 Å². The minimum Gasteiger partial charge on any atom is -0.454 e. The minimum atomic E-state index is -0.413. The van der Waals surface area contributed by atoms with Gasteiger partial charge in [-0.05, 0) is 25.0 Å². The Morgan fingerprint density at radius 1 is 1.44 bits per heavy atom. The highest BCUT2D eigenvalue weighted by Crippen LogP contribution is 2.38. The molecule has 0 atom stereocenters. The monoisotopic (exact) mass is 221 g/mol. The molecule has 1 aromatic carbocycles. The standard InChI is InChI=1S/C12H15NO3/c1-2-3-4-8-9(12(13)14)5-6-10-11(8)16-7-15-10/h5-6H,2-4,7H2,1H3,(H2,13,14). The molecule has 1 aromatic rings. The Morgan fingerprint density at radius 3 is 2.94 bits per heavy atom. The fraction of sp³-hybridized carbons (Fsp3) is 0.417. The Labute approximate surface area is 94.3 Å². The van der Waals surface area contributed by atoms with Crippen molar-refractivity contribution >= 4 is 5.91 Å². The van der Waals surface area contributed by atoms with Crippen LogP contribution >= 0.6 is 0 Å². The molecular formula is C12H15NO3. The number of benzene rings is 1. The molecule has 0 bridgehead atoms. The molecule has 1 aliphatic heterocycles. The molecule has 16 heavy (non-hydrogen) atoms. The van der Waals surface area contributed by atoms with Crippen molar-refractivity contribution in [2.75, 3.05) is 6.79 Å². The highest BCUT2D eigenvalue weighted by Gasteiger charge is 2.22. The summed E-state index contributed by atoms with van der Waals surface area (Å²) >= 11 is 0. The summed E-state index contributed by atoms with van der Waals surface area (Å²) < 4.78 is 10.7. The Hall–Kier alpha value is -1.71. The van der Waals surface area contributed by atoms with Gasteiger partial charge < -0.3 is 15.2 Å². The van der Waals surface area contributed by atoms with E-state index in [0.717, 1.165) is 24.8 Å². The second kappa shape index (κ2) is 4.43. The van der Waals surface area contributed by atoms with Gasteiger partial charge in [-0.15, -0.1) is 0 Å². The Balaban J connectivity index is 2.42. The number of amides is 1. The molecule has 0 radical (unpaired) electrons. The Morgan fingerprint density at radius 2 is 2.25 bits per heavy atom. The van der Waals surface area contributed by atoms with Crippen molar-refractivity contribution in [3.63, 3.8) is 0 Å². The van der Waals surface area contributed by atoms with Crippen molar-refractivity contribution < 1.29 is 14.3 Å². The lowest BCUT2D eigenvalue weighted by molar-refractivity contribution is 0.0998. The van der Waals surface area contributed by atoms with E-state index in [4.69, 9.17) is 15.2 Å². The van der Waals surface area contributed by atoms with E-state index in [2.05, 4.69) is 6.92 Å². The fourth-order valence-corrected chi connectivity index (χ4v) is 1.86. The summed E-state index contributed by atoms with van der Waals surface area (Å²) in [6, 6.07) is 3.44. The SMILES string of the molecule is CCCCc1c(C(N)=O)ccc2c1OCO2. The number of unbranched alkanes of at least 4 members (excludes halogenated alkanes) is 1. The number of hydrogen-bond acceptors (Lipinski definition) is 3. The van der Waals surface area contributed by atoms with Gasteiger partial charge in [0.2, 0.25) is 12.7 Å². The molecular weight excluding hydrogens is 206 g/mol. The third kappa shape index (κ3) is 1.83. The van der Waals surface area contributed by atoms with Crippen molar-refractivity contribution in [2.45, 2.75) is 26.2 Å². The first-order chi connectivity index (χ1) is 7.74. The van der Waals surface area contributed by atoms with Crippen LogP contribution in [0.1, 0.15) is 35.7 Å². The van der Waals surface area contributed by atoms with E-state index in [0.29, 0.717) is 17.1 Å². The number of rotatable bonds is 4. The topological polar surface area (TPSA) is 61.6 Å². The van der Waals surface area contributed by atoms with Crippen LogP contribution < -0.4 is 15.2 Å². The summed E-state index contributed by atoms with van der Waals surface area (Å²) in [5.74, 6) is 0.977. The zero-order valence-electron chi connectivity index (χ0n) is 9.29. The summed E-state index contributed by atoms with van der Waals surface area (Å²) in [6.45, 7) is 2.32. The summed E-state index contributed by atoms with van der Waals surface area (Å²) in [7, 11) is 0. The van der Waals surface area contributed by atoms with Gasteiger partial charge in [0.05, 0.1) is 0 Å². The Bertz CT molecular complexity index is 415. The summed E-state index contributed by atoms with van der Waals surface area (Å²) in [4.78, 5) is 11.3. The van der Waals surface area contributed by atoms with E-state index in [1.54, 1.807) is 12.1 Å². The maximum atomic E-state index is 11.3. The van der Waals surface area contributed by atoms with Crippen LogP contribution in [0.2, 0.25) is 0 Å². The first kappa shape index (κ1) is 10.8. The zero-order valence-corrected chi connectivity index (χ0v) is 9.29. The van der Waals surface area contributed by atoms with Crippen LogP contribution in [-0.4, -0.2) is 12.7 Å². The van der Waals surface area contributed by atoms with Gasteiger partial charge >= 0.3 is 0 Å². The number of carbonyl (C=O) groups excluding carboxylic acids is 1. The fourth-order valence-electron chi connectivity index (χ4n) is 1.86. The molecule has 0 unspecified atom stereocenters. The lowest BCUT2D eigenvalue weighted by Gasteiger charge is -2.09. The Kier molecular flexibility index (Phi) is 2.99. The van der Waals surface area contributed by atoms with Gasteiger partial charge in [-0.1, -0.05) is 13.3 Å². The van der Waals surface area contributed by atoms with Gasteiger partial charge in [-0.3, -0.25) is 4.79 Å². The maximum absolute atomic E-state index is 11.3. The predicted octanol–water partition coefficient (Wildman–Crippen LogP) is 1.86. The van der Waals surface area contributed by atoms with E-state index in [1.165, 1.54) is 0 Å². The largest absolute Gasteiger partial charge is 0.454 e. The third-order valence-corrected chi connectivity index (χ3v) is 2.69. The molecule has 0 saturated heterocycles. The normalized spacial score (nSPS) is 12.8. The number of ether oxygens (including phenoxy) is 2. The van der Waals surface area contributed by atoms with Gasteiger partial charge in [0.1, 0.15) is 0 Å². The number of nitrogens with two attached hydrogens (primary N) is 1. The zero-order chi connectivity index (χ0) is 11.5. The number of carbonyl (C=O) groups is 1. The van der Waals surface area contributed by atoms with Crippen LogP contribution in [0.15, 0.2) is 12.1 Å². The third-order valence-electron chi connectivity index (χ3n) is 2.69. The summed E-state index contributed by atoms with van der Waals surface area (Å²) in [5.41, 5.74) is 6.76. The molecule has 0 aromatic heterocycles. The second-order valence-electron chi connectivity index (χ2n) is 3.79. The molecule has 2 N–H and O–H groups in total. The van der Waals surface area contributed by atoms with Crippen LogP contribution in [-0.2, 0) is 6.42 Å². The molecule has 4 heteroatoms. The molecule has 1 heterocycles. The molecule has 1 amide bonds. The first-order valence-corrected chi connectivity index (χ1v) is 5.45. The number of hydrogen-bond donors (Lipinski definition) is 1. The molecule has 86 valence electrons. The lowest BCUT2D eigenvalue weighted by Crippen LogP contribution is -2.14. The average molecular weight is 221 g/mol. The highest BCUT2D eigenvalue weighted by atomic mass is 16.7. The van der Waals surface area contributed by atoms with Gasteiger partial charge in [-0.2, -0.15) is 0 Å². The van der Waals surface area contributed by atoms with Crippen LogP contribution in [0.3, 0.4) is 0 Å². The van der Waals surface area contributed by atoms with Crippen molar-refractivity contribution in [3.8, 4) is 11.5 Å². The molecule has 4 nitrogen and oxygen atoms in total. The van der Waals surface area contributed by atoms with Crippen LogP contribution in [0.5, 0.6) is 11.5 Å². The first-order valence-electron chi connectivity index (χ1n) is 5.45.